The fourth-order valence-electron chi connectivity index (χ4n) is 4.65. The lowest BCUT2D eigenvalue weighted by atomic mass is 9.77. The Bertz CT molecular complexity index is 1150. The summed E-state index contributed by atoms with van der Waals surface area (Å²) in [6.07, 6.45) is 1.31. The number of fused-ring (bicyclic) bond motifs is 3. The summed E-state index contributed by atoms with van der Waals surface area (Å²) < 4.78 is 49.8. The molecule has 3 aromatic rings. The second kappa shape index (κ2) is 8.17. The zero-order valence-electron chi connectivity index (χ0n) is 17.7. The van der Waals surface area contributed by atoms with Crippen LogP contribution in [-0.4, -0.2) is 44.4 Å². The van der Waals surface area contributed by atoms with Gasteiger partial charge in [0.25, 0.3) is 5.91 Å². The van der Waals surface area contributed by atoms with E-state index < -0.39 is 11.7 Å². The van der Waals surface area contributed by atoms with Gasteiger partial charge in [0.15, 0.2) is 0 Å². The number of amides is 1. The van der Waals surface area contributed by atoms with Crippen molar-refractivity contribution in [1.82, 2.24) is 19.9 Å². The molecule has 2 aliphatic heterocycles. The Labute approximate surface area is 187 Å². The molecule has 0 radical (unpaired) electrons. The molecule has 2 saturated heterocycles. The monoisotopic (exact) mass is 458 g/mol. The van der Waals surface area contributed by atoms with Crippen LogP contribution in [0.2, 0.25) is 0 Å². The van der Waals surface area contributed by atoms with Crippen molar-refractivity contribution >= 4 is 5.91 Å². The molecule has 3 atom stereocenters. The lowest BCUT2D eigenvalue weighted by molar-refractivity contribution is -0.137. The van der Waals surface area contributed by atoms with Crippen molar-refractivity contribution in [3.63, 3.8) is 0 Å². The van der Waals surface area contributed by atoms with Crippen molar-refractivity contribution in [2.45, 2.75) is 44.5 Å². The van der Waals surface area contributed by atoms with E-state index in [0.717, 1.165) is 37.2 Å². The van der Waals surface area contributed by atoms with Gasteiger partial charge < -0.3 is 14.1 Å². The molecular weight excluding hydrogens is 437 g/mol. The van der Waals surface area contributed by atoms with E-state index in [0.29, 0.717) is 17.8 Å². The highest BCUT2D eigenvalue weighted by Gasteiger charge is 2.45. The molecule has 1 saturated carbocycles. The normalized spacial score (nSPS) is 22.4. The van der Waals surface area contributed by atoms with Gasteiger partial charge >= 0.3 is 6.18 Å². The molecule has 172 valence electrons. The highest BCUT2D eigenvalue weighted by Crippen LogP contribution is 2.39. The molecule has 3 fully saturated rings. The number of aryl methyl sites for hydroxylation is 1. The zero-order valence-corrected chi connectivity index (χ0v) is 17.7. The topological polar surface area (TPSA) is 81.4 Å². The van der Waals surface area contributed by atoms with Gasteiger partial charge in [0.05, 0.1) is 23.4 Å². The fourth-order valence-corrected chi connectivity index (χ4v) is 4.65. The Kier molecular flexibility index (Phi) is 5.30. The highest BCUT2D eigenvalue weighted by molar-refractivity contribution is 5.99. The van der Waals surface area contributed by atoms with Crippen LogP contribution in [-0.2, 0) is 6.18 Å². The first-order valence-corrected chi connectivity index (χ1v) is 10.7. The van der Waals surface area contributed by atoms with Crippen molar-refractivity contribution in [2.24, 2.45) is 5.92 Å². The molecule has 7 nitrogen and oxygen atoms in total. The van der Waals surface area contributed by atoms with Crippen molar-refractivity contribution < 1.29 is 27.1 Å². The number of hydrogen-bond donors (Lipinski definition) is 0. The molecule has 0 unspecified atom stereocenters. The average Bonchev–Trinajstić information content (AvgIpc) is 3.33. The van der Waals surface area contributed by atoms with Crippen molar-refractivity contribution in [2.75, 3.05) is 6.54 Å². The number of hydrogen-bond acceptors (Lipinski definition) is 6. The van der Waals surface area contributed by atoms with Gasteiger partial charge in [0.1, 0.15) is 18.1 Å². The Morgan fingerprint density at radius 1 is 1.18 bits per heavy atom. The van der Waals surface area contributed by atoms with E-state index in [1.54, 1.807) is 17.0 Å². The van der Waals surface area contributed by atoms with Crippen LogP contribution >= 0.6 is 0 Å². The lowest BCUT2D eigenvalue weighted by Gasteiger charge is -2.49. The predicted octanol–water partition coefficient (Wildman–Crippen LogP) is 4.53. The number of carbonyl (C=O) groups excluding carboxylic acids is 1. The van der Waals surface area contributed by atoms with Crippen molar-refractivity contribution in [3.05, 3.63) is 59.7 Å². The zero-order chi connectivity index (χ0) is 23.2. The number of aromatic nitrogens is 3. The summed E-state index contributed by atoms with van der Waals surface area (Å²) in [4.78, 5) is 27.8. The number of pyridine rings is 2. The largest absolute Gasteiger partial charge is 0.472 e. The van der Waals surface area contributed by atoms with Crippen LogP contribution in [0.3, 0.4) is 0 Å². The second-order valence-electron chi connectivity index (χ2n) is 8.43. The van der Waals surface area contributed by atoms with Gasteiger partial charge in [-0.15, -0.1) is 0 Å². The predicted molar refractivity (Wildman–Crippen MR) is 110 cm³/mol. The van der Waals surface area contributed by atoms with E-state index in [1.807, 2.05) is 6.92 Å². The number of rotatable bonds is 4. The van der Waals surface area contributed by atoms with E-state index >= 15 is 0 Å². The number of halogens is 3. The minimum absolute atomic E-state index is 0.116. The van der Waals surface area contributed by atoms with Crippen LogP contribution in [0.5, 0.6) is 5.88 Å². The molecule has 3 aliphatic rings. The third kappa shape index (κ3) is 4.17. The summed E-state index contributed by atoms with van der Waals surface area (Å²) in [5.41, 5.74) is 0.674. The van der Waals surface area contributed by atoms with Crippen LogP contribution in [0, 0.1) is 12.8 Å². The smallest absolute Gasteiger partial charge is 0.417 e. The molecule has 0 spiro atoms. The van der Waals surface area contributed by atoms with E-state index in [9.17, 15) is 18.0 Å². The van der Waals surface area contributed by atoms with Crippen LogP contribution in [0.25, 0.3) is 11.6 Å². The summed E-state index contributed by atoms with van der Waals surface area (Å²) >= 11 is 0. The van der Waals surface area contributed by atoms with Gasteiger partial charge in [-0.3, -0.25) is 4.79 Å². The van der Waals surface area contributed by atoms with Crippen LogP contribution in [0.4, 0.5) is 13.2 Å². The standard InChI is InChI=1S/C23H21F3N4O3/c1-13-2-5-16(20(29-13)21-27-8-9-32-21)22(31)30-12-14-3-6-17(30)18(10-14)33-19-7-4-15(11-28-19)23(24,25)26/h2,4-5,7-9,11,14,17-18H,3,6,10,12H2,1H3/t14-,17+,18-/m1/s1. The molecule has 6 rings (SSSR count). The van der Waals surface area contributed by atoms with E-state index in [4.69, 9.17) is 9.15 Å². The number of alkyl halides is 3. The first kappa shape index (κ1) is 21.4. The maximum Gasteiger partial charge on any atom is 0.417 e. The van der Waals surface area contributed by atoms with Crippen LogP contribution < -0.4 is 4.74 Å². The molecule has 10 heteroatoms. The van der Waals surface area contributed by atoms with Crippen LogP contribution in [0.15, 0.2) is 47.3 Å². The number of nitrogens with zero attached hydrogens (tertiary/aromatic N) is 4. The highest BCUT2D eigenvalue weighted by atomic mass is 19.4. The average molecular weight is 458 g/mol. The van der Waals surface area contributed by atoms with E-state index in [1.165, 1.54) is 18.5 Å². The van der Waals surface area contributed by atoms with Gasteiger partial charge in [-0.25, -0.2) is 15.0 Å². The molecular formula is C23H21F3N4O3. The van der Waals surface area contributed by atoms with Gasteiger partial charge in [0, 0.05) is 24.5 Å². The maximum absolute atomic E-state index is 13.6. The molecule has 1 amide bonds. The first-order valence-electron chi connectivity index (χ1n) is 10.7. The van der Waals surface area contributed by atoms with Gasteiger partial charge in [-0.1, -0.05) is 0 Å². The maximum atomic E-state index is 13.6. The lowest BCUT2D eigenvalue weighted by Crippen LogP contribution is -2.59. The number of oxazole rings is 1. The summed E-state index contributed by atoms with van der Waals surface area (Å²) in [5, 5.41) is 0. The molecule has 0 N–H and O–H groups in total. The Balaban J connectivity index is 1.39. The number of ether oxygens (including phenoxy) is 1. The first-order chi connectivity index (χ1) is 15.8. The molecule has 2 bridgehead atoms. The quantitative estimate of drug-likeness (QED) is 0.572. The minimum Gasteiger partial charge on any atom is -0.472 e. The van der Waals surface area contributed by atoms with Crippen molar-refractivity contribution in [3.8, 4) is 17.5 Å². The molecule has 0 aromatic carbocycles. The molecule has 3 aromatic heterocycles. The summed E-state index contributed by atoms with van der Waals surface area (Å²) in [7, 11) is 0. The second-order valence-corrected chi connectivity index (χ2v) is 8.43. The molecule has 5 heterocycles. The molecule has 1 aliphatic carbocycles. The Morgan fingerprint density at radius 3 is 2.70 bits per heavy atom. The van der Waals surface area contributed by atoms with Crippen LogP contribution in [0.1, 0.15) is 40.9 Å². The Hall–Kier alpha value is -3.43. The van der Waals surface area contributed by atoms with Gasteiger partial charge in [-0.2, -0.15) is 13.2 Å². The fraction of sp³-hybridized carbons (Fsp3) is 0.391. The van der Waals surface area contributed by atoms with E-state index in [-0.39, 0.29) is 35.7 Å². The van der Waals surface area contributed by atoms with Gasteiger partial charge in [-0.05, 0) is 50.3 Å². The third-order valence-corrected chi connectivity index (χ3v) is 6.22. The number of carbonyl (C=O) groups is 1. The van der Waals surface area contributed by atoms with E-state index in [2.05, 4.69) is 15.0 Å². The minimum atomic E-state index is -4.46. The summed E-state index contributed by atoms with van der Waals surface area (Å²) in [6.45, 7) is 2.41. The number of piperidine rings is 2. The Morgan fingerprint density at radius 2 is 2.03 bits per heavy atom. The van der Waals surface area contributed by atoms with Gasteiger partial charge in [0.2, 0.25) is 11.8 Å². The van der Waals surface area contributed by atoms with Crippen molar-refractivity contribution in [1.29, 1.82) is 0 Å². The third-order valence-electron chi connectivity index (χ3n) is 6.22. The SMILES string of the molecule is Cc1ccc(C(=O)N2C[C@@H]3CC[C@H]2[C@H](Oc2ccc(C(F)(F)F)cn2)C3)c(-c2ncco2)n1. The molecule has 33 heavy (non-hydrogen) atoms. The summed E-state index contributed by atoms with van der Waals surface area (Å²) in [5.74, 6) is 0.428. The summed E-state index contributed by atoms with van der Waals surface area (Å²) in [6, 6.07) is 5.45.